The summed E-state index contributed by atoms with van der Waals surface area (Å²) in [4.78, 5) is 23.8. The Morgan fingerprint density at radius 3 is 2.81 bits per heavy atom. The van der Waals surface area contributed by atoms with Crippen LogP contribution in [0.4, 0.5) is 5.13 Å². The van der Waals surface area contributed by atoms with Gasteiger partial charge in [-0.05, 0) is 43.0 Å². The van der Waals surface area contributed by atoms with Crippen molar-refractivity contribution in [3.8, 4) is 5.75 Å². The largest absolute Gasteiger partial charge is 0.492 e. The molecule has 0 bridgehead atoms. The van der Waals surface area contributed by atoms with E-state index >= 15 is 0 Å². The van der Waals surface area contributed by atoms with Crippen molar-refractivity contribution in [1.82, 2.24) is 9.88 Å². The van der Waals surface area contributed by atoms with Crippen molar-refractivity contribution in [3.05, 3.63) is 48.0 Å². The normalized spacial score (nSPS) is 14.6. The summed E-state index contributed by atoms with van der Waals surface area (Å²) in [7, 11) is 0. The molecule has 6 nitrogen and oxygen atoms in total. The number of thioether (sulfide) groups is 1. The average molecular weight is 472 g/mol. The van der Waals surface area contributed by atoms with Crippen molar-refractivity contribution in [3.63, 3.8) is 0 Å². The minimum absolute atomic E-state index is 0.0196. The summed E-state index contributed by atoms with van der Waals surface area (Å²) >= 11 is 3.27. The fourth-order valence-corrected chi connectivity index (χ4v) is 5.42. The van der Waals surface area contributed by atoms with Crippen molar-refractivity contribution in [2.75, 3.05) is 56.7 Å². The third-order valence-electron chi connectivity index (χ3n) is 5.28. The van der Waals surface area contributed by atoms with Gasteiger partial charge in [-0.2, -0.15) is 0 Å². The van der Waals surface area contributed by atoms with Crippen molar-refractivity contribution in [2.45, 2.75) is 18.7 Å². The number of ether oxygens (including phenoxy) is 2. The Balaban J connectivity index is 1.65. The number of aromatic nitrogens is 1. The number of hydrogen-bond donors (Lipinski definition) is 0. The van der Waals surface area contributed by atoms with Crippen LogP contribution in [0.2, 0.25) is 0 Å². The quantitative estimate of drug-likeness (QED) is 0.419. The van der Waals surface area contributed by atoms with Gasteiger partial charge in [0.1, 0.15) is 11.3 Å². The molecule has 0 atom stereocenters. The lowest BCUT2D eigenvalue weighted by molar-refractivity contribution is 0.0391. The molecule has 8 heteroatoms. The van der Waals surface area contributed by atoms with Crippen LogP contribution in [0.15, 0.2) is 47.4 Å². The summed E-state index contributed by atoms with van der Waals surface area (Å²) in [6.07, 6.45) is 0. The molecule has 0 N–H and O–H groups in total. The van der Waals surface area contributed by atoms with Crippen LogP contribution < -0.4 is 9.64 Å². The molecule has 2 aromatic carbocycles. The van der Waals surface area contributed by atoms with Gasteiger partial charge in [0.15, 0.2) is 5.13 Å². The highest BCUT2D eigenvalue weighted by Crippen LogP contribution is 2.35. The molecule has 32 heavy (non-hydrogen) atoms. The highest BCUT2D eigenvalue weighted by Gasteiger charge is 2.24. The van der Waals surface area contributed by atoms with Crippen LogP contribution in [0.5, 0.6) is 5.75 Å². The zero-order valence-electron chi connectivity index (χ0n) is 18.6. The Kier molecular flexibility index (Phi) is 8.02. The molecule has 0 unspecified atom stereocenters. The van der Waals surface area contributed by atoms with Gasteiger partial charge in [-0.25, -0.2) is 4.98 Å². The van der Waals surface area contributed by atoms with Gasteiger partial charge >= 0.3 is 0 Å². The maximum Gasteiger partial charge on any atom is 0.260 e. The smallest absolute Gasteiger partial charge is 0.260 e. The lowest BCUT2D eigenvalue weighted by atomic mass is 10.2. The van der Waals surface area contributed by atoms with Gasteiger partial charge in [-0.1, -0.05) is 30.4 Å². The van der Waals surface area contributed by atoms with Gasteiger partial charge in [-0.15, -0.1) is 11.8 Å². The Labute approximate surface area is 197 Å². The minimum Gasteiger partial charge on any atom is -0.492 e. The van der Waals surface area contributed by atoms with Crippen LogP contribution in [-0.4, -0.2) is 67.5 Å². The standard InChI is InChI=1S/C24H29N3O3S2/c1-3-30-20-9-6-10-21-22(20)25-24(32-21)27(12-11-26-13-15-29-16-14-26)23(28)18-7-5-8-19(17-18)31-4-2/h5-10,17H,3-4,11-16H2,1-2H3. The van der Waals surface area contributed by atoms with Crippen LogP contribution in [0.3, 0.4) is 0 Å². The van der Waals surface area contributed by atoms with Gasteiger partial charge in [0.25, 0.3) is 5.91 Å². The first-order chi connectivity index (χ1) is 15.7. The Morgan fingerprint density at radius 2 is 2.03 bits per heavy atom. The number of benzene rings is 2. The number of para-hydroxylation sites is 1. The Hall–Kier alpha value is -2.13. The average Bonchev–Trinajstić information content (AvgIpc) is 3.25. The van der Waals surface area contributed by atoms with Gasteiger partial charge < -0.3 is 9.47 Å². The van der Waals surface area contributed by atoms with Gasteiger partial charge in [0, 0.05) is 36.6 Å². The summed E-state index contributed by atoms with van der Waals surface area (Å²) in [6, 6.07) is 13.8. The van der Waals surface area contributed by atoms with E-state index in [9.17, 15) is 4.79 Å². The predicted octanol–water partition coefficient (Wildman–Crippen LogP) is 4.79. The molecule has 1 fully saturated rings. The molecule has 0 spiro atoms. The van der Waals surface area contributed by atoms with Crippen LogP contribution in [0, 0.1) is 0 Å². The van der Waals surface area contributed by atoms with Crippen LogP contribution in [0.1, 0.15) is 24.2 Å². The van der Waals surface area contributed by atoms with E-state index in [-0.39, 0.29) is 5.91 Å². The van der Waals surface area contributed by atoms with E-state index in [0.29, 0.717) is 23.8 Å². The second-order valence-electron chi connectivity index (χ2n) is 7.40. The molecule has 0 aliphatic carbocycles. The molecule has 0 saturated carbocycles. The van der Waals surface area contributed by atoms with Crippen molar-refractivity contribution in [1.29, 1.82) is 0 Å². The number of nitrogens with zero attached hydrogens (tertiary/aromatic N) is 3. The Bertz CT molecular complexity index is 1050. The maximum absolute atomic E-state index is 13.7. The molecule has 1 amide bonds. The molecule has 2 heterocycles. The first kappa shape index (κ1) is 23.0. The van der Waals surface area contributed by atoms with Crippen LogP contribution in [0.25, 0.3) is 10.2 Å². The number of morpholine rings is 1. The van der Waals surface area contributed by atoms with E-state index < -0.39 is 0 Å². The monoisotopic (exact) mass is 471 g/mol. The molecule has 1 saturated heterocycles. The molecule has 170 valence electrons. The van der Waals surface area contributed by atoms with Crippen molar-refractivity contribution < 1.29 is 14.3 Å². The summed E-state index contributed by atoms with van der Waals surface area (Å²) < 4.78 is 12.3. The molecule has 0 radical (unpaired) electrons. The van der Waals surface area contributed by atoms with Gasteiger partial charge in [0.05, 0.1) is 24.5 Å². The third-order valence-corrected chi connectivity index (χ3v) is 7.20. The van der Waals surface area contributed by atoms with Crippen molar-refractivity contribution >= 4 is 44.4 Å². The fourth-order valence-electron chi connectivity index (χ4n) is 3.69. The van der Waals surface area contributed by atoms with E-state index in [1.54, 1.807) is 11.8 Å². The molecule has 4 rings (SSSR count). The highest BCUT2D eigenvalue weighted by atomic mass is 32.2. The number of carbonyl (C=O) groups is 1. The first-order valence-corrected chi connectivity index (χ1v) is 12.9. The molecule has 1 aromatic heterocycles. The topological polar surface area (TPSA) is 54.9 Å². The lowest BCUT2D eigenvalue weighted by Crippen LogP contribution is -2.43. The Morgan fingerprint density at radius 1 is 1.22 bits per heavy atom. The molecule has 3 aromatic rings. The minimum atomic E-state index is -0.0196. The summed E-state index contributed by atoms with van der Waals surface area (Å²) in [5.74, 6) is 1.71. The number of fused-ring (bicyclic) bond motifs is 1. The first-order valence-electron chi connectivity index (χ1n) is 11.1. The predicted molar refractivity (Wildman–Crippen MR) is 133 cm³/mol. The zero-order chi connectivity index (χ0) is 22.3. The molecule has 1 aliphatic heterocycles. The lowest BCUT2D eigenvalue weighted by Gasteiger charge is -2.29. The van der Waals surface area contributed by atoms with E-state index in [1.807, 2.05) is 48.2 Å². The highest BCUT2D eigenvalue weighted by molar-refractivity contribution is 7.99. The van der Waals surface area contributed by atoms with E-state index in [2.05, 4.69) is 17.9 Å². The SMILES string of the molecule is CCOc1cccc2sc(N(CCN3CCOCC3)C(=O)c3cccc(SCC)c3)nc12. The summed E-state index contributed by atoms with van der Waals surface area (Å²) in [5.41, 5.74) is 1.50. The fraction of sp³-hybridized carbons (Fsp3) is 0.417. The second kappa shape index (κ2) is 11.1. The summed E-state index contributed by atoms with van der Waals surface area (Å²) in [6.45, 7) is 9.27. The number of carbonyl (C=O) groups excluding carboxylic acids is 1. The molecule has 1 aliphatic rings. The van der Waals surface area contributed by atoms with Crippen LogP contribution in [-0.2, 0) is 4.74 Å². The zero-order valence-corrected chi connectivity index (χ0v) is 20.2. The summed E-state index contributed by atoms with van der Waals surface area (Å²) in [5, 5.41) is 0.707. The van der Waals surface area contributed by atoms with Gasteiger partial charge in [0.2, 0.25) is 0 Å². The van der Waals surface area contributed by atoms with E-state index in [1.165, 1.54) is 11.3 Å². The van der Waals surface area contributed by atoms with E-state index in [4.69, 9.17) is 14.5 Å². The number of hydrogen-bond acceptors (Lipinski definition) is 7. The van der Waals surface area contributed by atoms with E-state index in [0.717, 1.165) is 59.5 Å². The van der Waals surface area contributed by atoms with Crippen molar-refractivity contribution in [2.24, 2.45) is 0 Å². The molecular weight excluding hydrogens is 442 g/mol. The third kappa shape index (κ3) is 5.43. The number of rotatable bonds is 9. The second-order valence-corrected chi connectivity index (χ2v) is 9.75. The number of anilines is 1. The molecular formula is C24H29N3O3S2. The maximum atomic E-state index is 13.7. The van der Waals surface area contributed by atoms with Gasteiger partial charge in [-0.3, -0.25) is 14.6 Å². The number of thiazole rings is 1. The van der Waals surface area contributed by atoms with Crippen LogP contribution >= 0.6 is 23.1 Å². The number of amides is 1.